The number of anilines is 1. The van der Waals surface area contributed by atoms with E-state index in [9.17, 15) is 14.4 Å². The van der Waals surface area contributed by atoms with E-state index in [4.69, 9.17) is 4.74 Å². The minimum atomic E-state index is -0.376. The molecular weight excluding hydrogens is 502 g/mol. The molecule has 2 amide bonds. The maximum atomic E-state index is 13.2. The number of rotatable bonds is 3. The van der Waals surface area contributed by atoms with Crippen LogP contribution in [0.15, 0.2) is 24.3 Å². The quantitative estimate of drug-likeness (QED) is 0.333. The molecule has 0 radical (unpaired) electrons. The predicted molar refractivity (Wildman–Crippen MR) is 115 cm³/mol. The topological polar surface area (TPSA) is 63.7 Å². The van der Waals surface area contributed by atoms with Crippen LogP contribution in [-0.4, -0.2) is 33.5 Å². The van der Waals surface area contributed by atoms with E-state index in [-0.39, 0.29) is 57.2 Å². The van der Waals surface area contributed by atoms with Gasteiger partial charge in [-0.2, -0.15) is 0 Å². The number of amides is 2. The lowest BCUT2D eigenvalue weighted by atomic mass is 9.81. The van der Waals surface area contributed by atoms with Crippen LogP contribution in [0, 0.1) is 23.7 Å². The molecular formula is C22H23Br2NO4. The average Bonchev–Trinajstić information content (AvgIpc) is 3.33. The van der Waals surface area contributed by atoms with Crippen molar-refractivity contribution >= 4 is 55.3 Å². The molecule has 0 spiro atoms. The van der Waals surface area contributed by atoms with Gasteiger partial charge in [-0.15, -0.1) is 0 Å². The molecule has 1 aromatic carbocycles. The summed E-state index contributed by atoms with van der Waals surface area (Å²) in [6.07, 6.45) is 6.05. The van der Waals surface area contributed by atoms with Crippen LogP contribution in [0.25, 0.3) is 0 Å². The normalized spacial score (nSPS) is 36.6. The maximum absolute atomic E-state index is 13.2. The number of fused-ring (bicyclic) bond motifs is 5. The van der Waals surface area contributed by atoms with E-state index in [1.165, 1.54) is 11.3 Å². The molecule has 4 aliphatic rings. The van der Waals surface area contributed by atoms with Crippen molar-refractivity contribution in [2.24, 2.45) is 23.7 Å². The van der Waals surface area contributed by atoms with E-state index in [0.717, 1.165) is 32.1 Å². The van der Waals surface area contributed by atoms with Gasteiger partial charge in [0.15, 0.2) is 0 Å². The molecule has 7 heteroatoms. The van der Waals surface area contributed by atoms with E-state index in [0.29, 0.717) is 11.3 Å². The molecule has 6 atom stereocenters. The lowest BCUT2D eigenvalue weighted by Crippen LogP contribution is -2.37. The second kappa shape index (κ2) is 7.49. The number of halogens is 2. The Morgan fingerprint density at radius 1 is 0.966 bits per heavy atom. The van der Waals surface area contributed by atoms with Crippen LogP contribution in [0.4, 0.5) is 5.69 Å². The highest BCUT2D eigenvalue weighted by Gasteiger charge is 2.66. The fraction of sp³-hybridized carbons (Fsp3) is 0.591. The van der Waals surface area contributed by atoms with Crippen LogP contribution in [0.1, 0.15) is 48.9 Å². The molecule has 4 fully saturated rings. The second-order valence-corrected chi connectivity index (χ2v) is 10.8. The van der Waals surface area contributed by atoms with Crippen LogP contribution in [0.3, 0.4) is 0 Å². The summed E-state index contributed by atoms with van der Waals surface area (Å²) in [7, 11) is 0. The minimum Gasteiger partial charge on any atom is -0.459 e. The van der Waals surface area contributed by atoms with Gasteiger partial charge < -0.3 is 4.74 Å². The van der Waals surface area contributed by atoms with E-state index < -0.39 is 0 Å². The molecule has 1 aromatic rings. The third-order valence-corrected chi connectivity index (χ3v) is 10.4. The first-order valence-corrected chi connectivity index (χ1v) is 12.3. The van der Waals surface area contributed by atoms with Crippen LogP contribution in [0.5, 0.6) is 0 Å². The number of imide groups is 1. The standard InChI is InChI=1S/C22H23Br2NO4/c23-18-14-10-15(19(18)24)17-16(14)20(26)25(21(17)27)12-6-4-5-11(9-12)22(28)29-13-7-2-1-3-8-13/h4-6,9,13-19H,1-3,7-8,10H2/t14-,15+,16-,17+,18-,19+. The zero-order chi connectivity index (χ0) is 20.3. The Morgan fingerprint density at radius 2 is 1.59 bits per heavy atom. The van der Waals surface area contributed by atoms with Crippen molar-refractivity contribution < 1.29 is 19.1 Å². The number of carbonyl (C=O) groups is 3. The first kappa shape index (κ1) is 19.7. The molecule has 5 nitrogen and oxygen atoms in total. The second-order valence-electron chi connectivity index (χ2n) is 8.73. The number of benzene rings is 1. The zero-order valence-electron chi connectivity index (χ0n) is 15.9. The summed E-state index contributed by atoms with van der Waals surface area (Å²) in [4.78, 5) is 40.7. The van der Waals surface area contributed by atoms with Crippen molar-refractivity contribution in [3.63, 3.8) is 0 Å². The molecule has 29 heavy (non-hydrogen) atoms. The van der Waals surface area contributed by atoms with E-state index in [1.54, 1.807) is 24.3 Å². The molecule has 2 bridgehead atoms. The van der Waals surface area contributed by atoms with Gasteiger partial charge >= 0.3 is 5.97 Å². The van der Waals surface area contributed by atoms with Crippen LogP contribution in [-0.2, 0) is 14.3 Å². The summed E-state index contributed by atoms with van der Waals surface area (Å²) >= 11 is 7.42. The molecule has 0 N–H and O–H groups in total. The van der Waals surface area contributed by atoms with Gasteiger partial charge in [0.25, 0.3) is 0 Å². The third-order valence-electron chi connectivity index (χ3n) is 7.15. The summed E-state index contributed by atoms with van der Waals surface area (Å²) < 4.78 is 5.66. The number of esters is 1. The Bertz CT molecular complexity index is 836. The van der Waals surface area contributed by atoms with E-state index in [2.05, 4.69) is 31.9 Å². The highest BCUT2D eigenvalue weighted by Crippen LogP contribution is 2.60. The third kappa shape index (κ3) is 3.11. The fourth-order valence-corrected chi connectivity index (χ4v) is 7.65. The minimum absolute atomic E-state index is 0.0309. The van der Waals surface area contributed by atoms with Crippen molar-refractivity contribution in [3.05, 3.63) is 29.8 Å². The van der Waals surface area contributed by atoms with Crippen LogP contribution in [0.2, 0.25) is 0 Å². The first-order valence-electron chi connectivity index (χ1n) is 10.4. The highest BCUT2D eigenvalue weighted by molar-refractivity contribution is 9.12. The molecule has 0 aromatic heterocycles. The SMILES string of the molecule is O=C(OC1CCCCC1)c1cccc(N2C(=O)[C@@H]3[C@H]4C[C@H]([C@H](Br)[C@@H]4Br)[C@@H]3C2=O)c1. The molecule has 3 aliphatic carbocycles. The Kier molecular flexibility index (Phi) is 5.09. The largest absolute Gasteiger partial charge is 0.459 e. The summed E-state index contributed by atoms with van der Waals surface area (Å²) in [5.74, 6) is -0.806. The smallest absolute Gasteiger partial charge is 0.338 e. The summed E-state index contributed by atoms with van der Waals surface area (Å²) in [5, 5.41) is 0. The van der Waals surface area contributed by atoms with E-state index in [1.807, 2.05) is 0 Å². The molecule has 3 saturated carbocycles. The molecule has 1 saturated heterocycles. The number of carbonyl (C=O) groups excluding carboxylic acids is 3. The number of hydrogen-bond donors (Lipinski definition) is 0. The molecule has 154 valence electrons. The highest BCUT2D eigenvalue weighted by atomic mass is 79.9. The molecule has 1 heterocycles. The summed E-state index contributed by atoms with van der Waals surface area (Å²) in [6, 6.07) is 6.76. The van der Waals surface area contributed by atoms with Gasteiger partial charge in [0.05, 0.1) is 23.1 Å². The van der Waals surface area contributed by atoms with Crippen molar-refractivity contribution in [1.29, 1.82) is 0 Å². The number of ether oxygens (including phenoxy) is 1. The Labute approximate surface area is 186 Å². The number of hydrogen-bond acceptors (Lipinski definition) is 4. The van der Waals surface area contributed by atoms with Gasteiger partial charge in [-0.25, -0.2) is 4.79 Å². The maximum Gasteiger partial charge on any atom is 0.338 e. The van der Waals surface area contributed by atoms with Crippen LogP contribution >= 0.6 is 31.9 Å². The van der Waals surface area contributed by atoms with E-state index >= 15 is 0 Å². The lowest BCUT2D eigenvalue weighted by molar-refractivity contribution is -0.123. The van der Waals surface area contributed by atoms with Gasteiger partial charge in [0.1, 0.15) is 6.10 Å². The Hall–Kier alpha value is -1.21. The van der Waals surface area contributed by atoms with Gasteiger partial charge in [-0.1, -0.05) is 44.3 Å². The van der Waals surface area contributed by atoms with Gasteiger partial charge in [0, 0.05) is 9.65 Å². The lowest BCUT2D eigenvalue weighted by Gasteiger charge is -2.28. The predicted octanol–water partition coefficient (Wildman–Crippen LogP) is 4.46. The zero-order valence-corrected chi connectivity index (χ0v) is 19.1. The average molecular weight is 525 g/mol. The van der Waals surface area contributed by atoms with Crippen LogP contribution < -0.4 is 4.90 Å². The Morgan fingerprint density at radius 3 is 2.21 bits per heavy atom. The van der Waals surface area contributed by atoms with Gasteiger partial charge in [-0.05, 0) is 62.1 Å². The summed E-state index contributed by atoms with van der Waals surface area (Å²) in [5.41, 5.74) is 0.870. The van der Waals surface area contributed by atoms with Gasteiger partial charge in [0.2, 0.25) is 11.8 Å². The molecule has 1 aliphatic heterocycles. The number of nitrogens with zero attached hydrogens (tertiary/aromatic N) is 1. The summed E-state index contributed by atoms with van der Waals surface area (Å²) in [6.45, 7) is 0. The molecule has 0 unspecified atom stereocenters. The van der Waals surface area contributed by atoms with Gasteiger partial charge in [-0.3, -0.25) is 14.5 Å². The first-order chi connectivity index (χ1) is 14.0. The fourth-order valence-electron chi connectivity index (χ4n) is 5.78. The molecule has 5 rings (SSSR count). The number of alkyl halides is 2. The van der Waals surface area contributed by atoms with Crippen molar-refractivity contribution in [2.75, 3.05) is 4.90 Å². The van der Waals surface area contributed by atoms with Crippen molar-refractivity contribution in [3.8, 4) is 0 Å². The van der Waals surface area contributed by atoms with Crippen molar-refractivity contribution in [2.45, 2.75) is 54.3 Å². The van der Waals surface area contributed by atoms with Crippen molar-refractivity contribution in [1.82, 2.24) is 0 Å². The Balaban J connectivity index is 1.38. The monoisotopic (exact) mass is 523 g/mol.